The van der Waals surface area contributed by atoms with Crippen LogP contribution >= 0.6 is 0 Å². The number of hydrogen-bond donors (Lipinski definition) is 0. The zero-order valence-corrected chi connectivity index (χ0v) is 28.1. The second-order valence-electron chi connectivity index (χ2n) is 12.6. The summed E-state index contributed by atoms with van der Waals surface area (Å²) >= 11 is -3.08. The Morgan fingerprint density at radius 2 is 1.41 bits per heavy atom. The molecule has 2 bridgehead atoms. The molecule has 0 aliphatic carbocycles. The van der Waals surface area contributed by atoms with Crippen LogP contribution < -0.4 is 0 Å². The normalized spacial score (nSPS) is 24.0. The van der Waals surface area contributed by atoms with Gasteiger partial charge in [0, 0.05) is 0 Å². The Hall–Kier alpha value is -0.761. The average Bonchev–Trinajstić information content (AvgIpc) is 3.40. The fourth-order valence-corrected chi connectivity index (χ4v) is 32.6. The van der Waals surface area contributed by atoms with Crippen molar-refractivity contribution in [1.29, 1.82) is 0 Å². The summed E-state index contributed by atoms with van der Waals surface area (Å²) in [7, 11) is -3.60. The Kier molecular flexibility index (Phi) is 10.5. The van der Waals surface area contributed by atoms with Crippen molar-refractivity contribution in [2.24, 2.45) is 0 Å². The molecule has 0 N–H and O–H groups in total. The van der Waals surface area contributed by atoms with Crippen molar-refractivity contribution in [3.8, 4) is 0 Å². The van der Waals surface area contributed by atoms with Crippen LogP contribution in [0.15, 0.2) is 29.2 Å². The molecule has 37 heavy (non-hydrogen) atoms. The number of rotatable bonds is 12. The molecule has 0 aromatic heterocycles. The summed E-state index contributed by atoms with van der Waals surface area (Å²) in [6.07, 6.45) is 8.33. The van der Waals surface area contributed by atoms with E-state index in [1.807, 2.05) is 44.7 Å². The van der Waals surface area contributed by atoms with Gasteiger partial charge >= 0.3 is 232 Å². The quantitative estimate of drug-likeness (QED) is 0.217. The van der Waals surface area contributed by atoms with E-state index in [2.05, 4.69) is 20.8 Å². The SMILES string of the molecule is CCC[CH2][Sn]([CH2]CCC)([CH2]CCC)[CH]1C(S(=O)(=O)c2ccc(C)cc2)[C@@H]2CC[C@H]1N2C(=O)OC(C)(C)C. The van der Waals surface area contributed by atoms with Gasteiger partial charge in [-0.25, -0.2) is 0 Å². The number of carbonyl (C=O) groups excluding carboxylic acids is 1. The Morgan fingerprint density at radius 3 is 1.86 bits per heavy atom. The van der Waals surface area contributed by atoms with Crippen LogP contribution in [-0.4, -0.2) is 60.7 Å². The van der Waals surface area contributed by atoms with Gasteiger partial charge in [0.05, 0.1) is 0 Å². The van der Waals surface area contributed by atoms with Gasteiger partial charge in [-0.2, -0.15) is 0 Å². The van der Waals surface area contributed by atoms with E-state index < -0.39 is 39.1 Å². The molecule has 5 nitrogen and oxygen atoms in total. The molecule has 4 atom stereocenters. The molecule has 1 amide bonds. The Morgan fingerprint density at radius 1 is 0.919 bits per heavy atom. The molecule has 2 unspecified atom stereocenters. The van der Waals surface area contributed by atoms with E-state index in [0.717, 1.165) is 37.7 Å². The molecule has 3 rings (SSSR count). The van der Waals surface area contributed by atoms with Gasteiger partial charge in [-0.3, -0.25) is 0 Å². The maximum atomic E-state index is 14.5. The molecular formula is C30H51NO4SSn. The third-order valence-corrected chi connectivity index (χ3v) is 29.4. The van der Waals surface area contributed by atoms with Crippen molar-refractivity contribution < 1.29 is 17.9 Å². The predicted molar refractivity (Wildman–Crippen MR) is 156 cm³/mol. The van der Waals surface area contributed by atoms with Crippen LogP contribution in [-0.2, 0) is 14.6 Å². The molecule has 1 aromatic rings. The van der Waals surface area contributed by atoms with E-state index in [0.29, 0.717) is 4.90 Å². The van der Waals surface area contributed by atoms with Crippen LogP contribution in [0.4, 0.5) is 4.79 Å². The van der Waals surface area contributed by atoms with E-state index in [1.165, 1.54) is 32.6 Å². The van der Waals surface area contributed by atoms with Crippen molar-refractivity contribution >= 4 is 34.3 Å². The molecule has 2 heterocycles. The zero-order chi connectivity index (χ0) is 27.4. The standard InChI is InChI=1S/C18H24NO4S.3C4H9.Sn/c1-12-5-8-14(9-6-12)24(21,22)16-11-13-7-10-15(16)19(13)17(20)23-18(2,3)4;3*1-3-4-2;/h5-6,8-9,11,13,15-16H,7,10H2,1-4H3;3*1,3-4H2,2H3;/t13-,15+,16?;;;;/m1..../s1. The summed E-state index contributed by atoms with van der Waals surface area (Å²) < 4.78 is 38.8. The third-order valence-electron chi connectivity index (χ3n) is 8.72. The van der Waals surface area contributed by atoms with Crippen molar-refractivity contribution in [3.63, 3.8) is 0 Å². The minimum atomic E-state index is -3.60. The van der Waals surface area contributed by atoms with Crippen LogP contribution in [0, 0.1) is 6.92 Å². The topological polar surface area (TPSA) is 63.7 Å². The minimum absolute atomic E-state index is 0.00596. The van der Waals surface area contributed by atoms with Crippen LogP contribution in [0.25, 0.3) is 0 Å². The first-order chi connectivity index (χ1) is 17.4. The van der Waals surface area contributed by atoms with E-state index in [1.54, 1.807) is 12.1 Å². The summed E-state index contributed by atoms with van der Waals surface area (Å²) in [6.45, 7) is 14.4. The number of unbranched alkanes of at least 4 members (excludes halogenated alkanes) is 3. The molecule has 7 heteroatoms. The first-order valence-electron chi connectivity index (χ1n) is 14.7. The molecule has 0 saturated carbocycles. The average molecular weight is 641 g/mol. The number of nitrogens with zero attached hydrogens (tertiary/aromatic N) is 1. The summed E-state index contributed by atoms with van der Waals surface area (Å²) in [6, 6.07) is 7.11. The molecule has 2 aliphatic heterocycles. The molecule has 210 valence electrons. The van der Waals surface area contributed by atoms with Crippen LogP contribution in [0.5, 0.6) is 0 Å². The van der Waals surface area contributed by atoms with Gasteiger partial charge in [0.25, 0.3) is 0 Å². The van der Waals surface area contributed by atoms with E-state index in [-0.39, 0.29) is 22.1 Å². The van der Waals surface area contributed by atoms with Gasteiger partial charge in [0.1, 0.15) is 0 Å². The third kappa shape index (κ3) is 6.70. The van der Waals surface area contributed by atoms with E-state index in [9.17, 15) is 13.2 Å². The first-order valence-corrected chi connectivity index (χ1v) is 24.0. The molecule has 1 aromatic carbocycles. The second-order valence-corrected chi connectivity index (χ2v) is 28.7. The summed E-state index contributed by atoms with van der Waals surface area (Å²) in [5.74, 6) is 0. The van der Waals surface area contributed by atoms with Crippen LogP contribution in [0.3, 0.4) is 0 Å². The number of amides is 1. The number of sulfone groups is 1. The second kappa shape index (κ2) is 12.6. The van der Waals surface area contributed by atoms with Crippen LogP contribution in [0.2, 0.25) is 17.2 Å². The number of aryl methyl sites for hydroxylation is 1. The van der Waals surface area contributed by atoms with Gasteiger partial charge in [-0.1, -0.05) is 0 Å². The van der Waals surface area contributed by atoms with Gasteiger partial charge in [-0.15, -0.1) is 0 Å². The van der Waals surface area contributed by atoms with Crippen molar-refractivity contribution in [1.82, 2.24) is 4.90 Å². The van der Waals surface area contributed by atoms with Gasteiger partial charge in [0.15, 0.2) is 0 Å². The zero-order valence-electron chi connectivity index (χ0n) is 24.4. The predicted octanol–water partition coefficient (Wildman–Crippen LogP) is 8.14. The first kappa shape index (κ1) is 30.8. The van der Waals surface area contributed by atoms with E-state index >= 15 is 0 Å². The number of carbonyl (C=O) groups is 1. The van der Waals surface area contributed by atoms with Gasteiger partial charge in [0.2, 0.25) is 0 Å². The Balaban J connectivity index is 2.18. The molecule has 0 spiro atoms. The fourth-order valence-electron chi connectivity index (χ4n) is 7.09. The molecule has 2 aliphatic rings. The van der Waals surface area contributed by atoms with Gasteiger partial charge < -0.3 is 0 Å². The molecule has 0 radical (unpaired) electrons. The van der Waals surface area contributed by atoms with Crippen molar-refractivity contribution in [2.75, 3.05) is 0 Å². The Labute approximate surface area is 230 Å². The van der Waals surface area contributed by atoms with Crippen molar-refractivity contribution in [3.05, 3.63) is 29.8 Å². The molecular weight excluding hydrogens is 589 g/mol. The number of fused-ring (bicyclic) bond motifs is 2. The van der Waals surface area contributed by atoms with E-state index in [4.69, 9.17) is 4.74 Å². The Bertz CT molecular complexity index is 980. The molecule has 2 saturated heterocycles. The van der Waals surface area contributed by atoms with Gasteiger partial charge in [-0.05, 0) is 0 Å². The fraction of sp³-hybridized carbons (Fsp3) is 0.767. The number of ether oxygens (including phenoxy) is 1. The summed E-state index contributed by atoms with van der Waals surface area (Å²) in [4.78, 5) is 16.0. The monoisotopic (exact) mass is 641 g/mol. The summed E-state index contributed by atoms with van der Waals surface area (Å²) in [5, 5.41) is -0.497. The maximum absolute atomic E-state index is 14.5. The molecule has 2 fully saturated rings. The van der Waals surface area contributed by atoms with Crippen molar-refractivity contribution in [2.45, 2.75) is 145 Å². The number of hydrogen-bond acceptors (Lipinski definition) is 4. The number of benzene rings is 1. The van der Waals surface area contributed by atoms with Crippen LogP contribution in [0.1, 0.15) is 98.5 Å². The summed E-state index contributed by atoms with van der Waals surface area (Å²) in [5.41, 5.74) is 0.452.